The first-order valence-electron chi connectivity index (χ1n) is 11.3. The van der Waals surface area contributed by atoms with E-state index >= 15 is 0 Å². The van der Waals surface area contributed by atoms with E-state index in [2.05, 4.69) is 5.32 Å². The third-order valence-electron chi connectivity index (χ3n) is 6.00. The molecule has 0 bridgehead atoms. The molecule has 0 aliphatic heterocycles. The SMILES string of the molecule is C/C=C(C)\C=C/C(C)S(=O)(=O)N(C)CCC(CC)C(=O)Nc1ccc2cc(C(=O)O)ccc2c1. The zero-order valence-corrected chi connectivity index (χ0v) is 21.2. The van der Waals surface area contributed by atoms with Crippen molar-refractivity contribution in [1.29, 1.82) is 0 Å². The van der Waals surface area contributed by atoms with Crippen molar-refractivity contribution in [1.82, 2.24) is 4.31 Å². The number of nitrogens with one attached hydrogen (secondary N) is 1. The van der Waals surface area contributed by atoms with Crippen LogP contribution in [0.5, 0.6) is 0 Å². The number of carboxylic acid groups (broad SMARTS) is 1. The lowest BCUT2D eigenvalue weighted by molar-refractivity contribution is -0.120. The zero-order chi connectivity index (χ0) is 25.5. The third kappa shape index (κ3) is 7.01. The van der Waals surface area contributed by atoms with Crippen molar-refractivity contribution >= 4 is 38.4 Å². The van der Waals surface area contributed by atoms with E-state index in [1.54, 1.807) is 56.5 Å². The van der Waals surface area contributed by atoms with Gasteiger partial charge >= 0.3 is 5.97 Å². The lowest BCUT2D eigenvalue weighted by Gasteiger charge is -2.22. The van der Waals surface area contributed by atoms with Crippen LogP contribution in [0.15, 0.2) is 60.2 Å². The summed E-state index contributed by atoms with van der Waals surface area (Å²) >= 11 is 0. The Morgan fingerprint density at radius 3 is 2.41 bits per heavy atom. The van der Waals surface area contributed by atoms with E-state index in [-0.39, 0.29) is 23.9 Å². The van der Waals surface area contributed by atoms with Gasteiger partial charge in [0.05, 0.1) is 10.8 Å². The highest BCUT2D eigenvalue weighted by molar-refractivity contribution is 7.89. The minimum absolute atomic E-state index is 0.175. The van der Waals surface area contributed by atoms with Gasteiger partial charge in [-0.1, -0.05) is 42.9 Å². The second-order valence-corrected chi connectivity index (χ2v) is 10.8. The van der Waals surface area contributed by atoms with Crippen LogP contribution < -0.4 is 5.32 Å². The summed E-state index contributed by atoms with van der Waals surface area (Å²) < 4.78 is 26.9. The van der Waals surface area contributed by atoms with Crippen molar-refractivity contribution in [3.63, 3.8) is 0 Å². The van der Waals surface area contributed by atoms with Gasteiger partial charge in [-0.15, -0.1) is 0 Å². The van der Waals surface area contributed by atoms with Crippen molar-refractivity contribution in [2.24, 2.45) is 5.92 Å². The van der Waals surface area contributed by atoms with Crippen molar-refractivity contribution in [3.8, 4) is 0 Å². The van der Waals surface area contributed by atoms with Crippen LogP contribution >= 0.6 is 0 Å². The monoisotopic (exact) mass is 486 g/mol. The topological polar surface area (TPSA) is 104 Å². The molecule has 0 saturated heterocycles. The maximum Gasteiger partial charge on any atom is 0.335 e. The molecule has 7 nitrogen and oxygen atoms in total. The average molecular weight is 487 g/mol. The maximum atomic E-state index is 12.9. The Morgan fingerprint density at radius 2 is 1.79 bits per heavy atom. The zero-order valence-electron chi connectivity index (χ0n) is 20.4. The Bertz CT molecular complexity index is 1200. The first kappa shape index (κ1) is 27.3. The van der Waals surface area contributed by atoms with Gasteiger partial charge in [0, 0.05) is 25.2 Å². The molecule has 8 heteroatoms. The van der Waals surface area contributed by atoms with E-state index in [1.807, 2.05) is 26.8 Å². The van der Waals surface area contributed by atoms with Crippen LogP contribution in [-0.4, -0.2) is 48.5 Å². The number of carbonyl (C=O) groups excluding carboxylic acids is 1. The Kier molecular flexibility index (Phi) is 9.58. The van der Waals surface area contributed by atoms with Crippen molar-refractivity contribution in [3.05, 3.63) is 65.8 Å². The van der Waals surface area contributed by atoms with Gasteiger partial charge in [-0.3, -0.25) is 4.79 Å². The molecule has 2 atom stereocenters. The molecule has 0 radical (unpaired) electrons. The number of nitrogens with zero attached hydrogens (tertiary/aromatic N) is 1. The van der Waals surface area contributed by atoms with Crippen LogP contribution in [-0.2, 0) is 14.8 Å². The normalized spacial score (nSPS) is 14.5. The first-order valence-corrected chi connectivity index (χ1v) is 12.8. The fourth-order valence-corrected chi connectivity index (χ4v) is 4.66. The molecule has 0 heterocycles. The van der Waals surface area contributed by atoms with Crippen molar-refractivity contribution in [2.75, 3.05) is 18.9 Å². The van der Waals surface area contributed by atoms with E-state index in [0.29, 0.717) is 18.5 Å². The van der Waals surface area contributed by atoms with E-state index in [4.69, 9.17) is 5.11 Å². The first-order chi connectivity index (χ1) is 16.0. The number of allylic oxidation sites excluding steroid dienone is 3. The lowest BCUT2D eigenvalue weighted by Crippen LogP contribution is -2.36. The molecular formula is C26H34N2O5S. The van der Waals surface area contributed by atoms with E-state index < -0.39 is 21.2 Å². The molecule has 0 aliphatic rings. The molecule has 0 aromatic heterocycles. The number of sulfonamides is 1. The van der Waals surface area contributed by atoms with Gasteiger partial charge in [0.15, 0.2) is 0 Å². The minimum atomic E-state index is -3.52. The number of anilines is 1. The standard InChI is InChI=1S/C26H34N2O5S/c1-6-18(3)8-9-19(4)34(32,33)28(5)15-14-20(7-2)25(29)27-24-13-12-21-16-23(26(30)31)11-10-22(21)17-24/h6,8-13,16-17,19-20H,7,14-15H2,1-5H3,(H,27,29)(H,30,31)/b9-8-,18-6-. The number of benzene rings is 2. The molecule has 184 valence electrons. The highest BCUT2D eigenvalue weighted by Gasteiger charge is 2.26. The molecule has 1 amide bonds. The van der Waals surface area contributed by atoms with Crippen LogP contribution in [0, 0.1) is 5.92 Å². The van der Waals surface area contributed by atoms with Crippen molar-refractivity contribution in [2.45, 2.75) is 45.8 Å². The quantitative estimate of drug-likeness (QED) is 0.432. The number of carboxylic acids is 1. The Hall–Kier alpha value is -2.97. The summed E-state index contributed by atoms with van der Waals surface area (Å²) in [4.78, 5) is 24.0. The van der Waals surface area contributed by atoms with Gasteiger partial charge in [0.25, 0.3) is 0 Å². The highest BCUT2D eigenvalue weighted by Crippen LogP contribution is 2.22. The predicted molar refractivity (Wildman–Crippen MR) is 138 cm³/mol. The number of rotatable bonds is 11. The molecule has 0 fully saturated rings. The smallest absolute Gasteiger partial charge is 0.335 e. The maximum absolute atomic E-state index is 12.9. The summed E-state index contributed by atoms with van der Waals surface area (Å²) in [5, 5.41) is 13.0. The van der Waals surface area contributed by atoms with E-state index in [1.165, 1.54) is 10.4 Å². The Labute approximate surface area is 202 Å². The van der Waals surface area contributed by atoms with Crippen LogP contribution in [0.25, 0.3) is 10.8 Å². The molecule has 34 heavy (non-hydrogen) atoms. The number of hydrogen-bond acceptors (Lipinski definition) is 4. The molecular weight excluding hydrogens is 452 g/mol. The number of hydrogen-bond donors (Lipinski definition) is 2. The molecule has 0 saturated carbocycles. The fraction of sp³-hybridized carbons (Fsp3) is 0.385. The summed E-state index contributed by atoms with van der Waals surface area (Å²) in [5.41, 5.74) is 1.80. The van der Waals surface area contributed by atoms with Gasteiger partial charge in [-0.2, -0.15) is 0 Å². The average Bonchev–Trinajstić information content (AvgIpc) is 2.81. The Morgan fingerprint density at radius 1 is 1.15 bits per heavy atom. The highest BCUT2D eigenvalue weighted by atomic mass is 32.2. The minimum Gasteiger partial charge on any atom is -0.478 e. The van der Waals surface area contributed by atoms with Gasteiger partial charge in [0.1, 0.15) is 0 Å². The largest absolute Gasteiger partial charge is 0.478 e. The number of amides is 1. The summed E-state index contributed by atoms with van der Waals surface area (Å²) in [6, 6.07) is 10.1. The summed E-state index contributed by atoms with van der Waals surface area (Å²) in [6.45, 7) is 7.60. The predicted octanol–water partition coefficient (Wildman–Crippen LogP) is 5.07. The summed E-state index contributed by atoms with van der Waals surface area (Å²) in [7, 11) is -1.98. The molecule has 2 aromatic carbocycles. The molecule has 2 N–H and O–H groups in total. The van der Waals surface area contributed by atoms with Crippen molar-refractivity contribution < 1.29 is 23.1 Å². The number of carbonyl (C=O) groups is 2. The van der Waals surface area contributed by atoms with Gasteiger partial charge in [-0.25, -0.2) is 17.5 Å². The molecule has 0 aliphatic carbocycles. The summed E-state index contributed by atoms with van der Waals surface area (Å²) in [5.74, 6) is -1.51. The summed E-state index contributed by atoms with van der Waals surface area (Å²) in [6.07, 6.45) is 6.35. The van der Waals surface area contributed by atoms with E-state index in [0.717, 1.165) is 16.3 Å². The van der Waals surface area contributed by atoms with E-state index in [9.17, 15) is 18.0 Å². The number of aromatic carboxylic acids is 1. The van der Waals surface area contributed by atoms with Crippen LogP contribution in [0.4, 0.5) is 5.69 Å². The second kappa shape index (κ2) is 11.9. The van der Waals surface area contributed by atoms with Gasteiger partial charge in [0.2, 0.25) is 15.9 Å². The molecule has 2 unspecified atom stereocenters. The van der Waals surface area contributed by atoms with Gasteiger partial charge < -0.3 is 10.4 Å². The van der Waals surface area contributed by atoms with Crippen LogP contribution in [0.2, 0.25) is 0 Å². The fourth-order valence-electron chi connectivity index (χ4n) is 3.45. The van der Waals surface area contributed by atoms with Gasteiger partial charge in [-0.05, 0) is 68.7 Å². The molecule has 2 rings (SSSR count). The second-order valence-electron chi connectivity index (χ2n) is 8.43. The third-order valence-corrected chi connectivity index (χ3v) is 8.15. The Balaban J connectivity index is 2.03. The van der Waals surface area contributed by atoms with Crippen LogP contribution in [0.1, 0.15) is 50.9 Å². The molecule has 0 spiro atoms. The molecule has 2 aromatic rings. The number of fused-ring (bicyclic) bond motifs is 1. The van der Waals surface area contributed by atoms with Crippen LogP contribution in [0.3, 0.4) is 0 Å². The lowest BCUT2D eigenvalue weighted by atomic mass is 10.0.